The summed E-state index contributed by atoms with van der Waals surface area (Å²) in [5.74, 6) is 0.200. The normalized spacial score (nSPS) is 23.2. The lowest BCUT2D eigenvalue weighted by molar-refractivity contribution is 0.296. The highest BCUT2D eigenvalue weighted by molar-refractivity contribution is 6.30. The van der Waals surface area contributed by atoms with Crippen LogP contribution < -0.4 is 0 Å². The van der Waals surface area contributed by atoms with E-state index in [1.807, 2.05) is 33.9 Å². The molecule has 0 amide bonds. The van der Waals surface area contributed by atoms with Gasteiger partial charge in [-0.05, 0) is 56.0 Å². The van der Waals surface area contributed by atoms with Gasteiger partial charge in [-0.3, -0.25) is 4.68 Å². The van der Waals surface area contributed by atoms with E-state index in [-0.39, 0.29) is 18.0 Å². The van der Waals surface area contributed by atoms with Crippen LogP contribution >= 0.6 is 23.2 Å². The minimum atomic E-state index is -1.34. The van der Waals surface area contributed by atoms with Gasteiger partial charge >= 0.3 is 0 Å². The second kappa shape index (κ2) is 8.14. The number of aryl methyl sites for hydroxylation is 1. The number of aromatic nitrogens is 2. The Morgan fingerprint density at radius 2 is 1.90 bits per heavy atom. The molecule has 0 saturated heterocycles. The molecular weight excluding hydrogens is 432 g/mol. The first-order valence-electron chi connectivity index (χ1n) is 10.7. The van der Waals surface area contributed by atoms with Crippen LogP contribution in [-0.2, 0) is 0 Å². The van der Waals surface area contributed by atoms with Gasteiger partial charge in [0.15, 0.2) is 6.17 Å². The van der Waals surface area contributed by atoms with Crippen molar-refractivity contribution in [2.45, 2.75) is 64.2 Å². The fourth-order valence-electron chi connectivity index (χ4n) is 4.55. The SMILES string of the molecule is C=C1c2c(c(C(C)C)nn2C(C)C)C(c2cc(Cl)ccc2C)N1C1=CC=CC(Cl)C1F. The summed E-state index contributed by atoms with van der Waals surface area (Å²) in [6, 6.07) is 5.72. The Bertz CT molecular complexity index is 1100. The average molecular weight is 460 g/mol. The zero-order chi connectivity index (χ0) is 22.6. The maximum absolute atomic E-state index is 15.4. The molecule has 164 valence electrons. The van der Waals surface area contributed by atoms with Crippen molar-refractivity contribution in [2.24, 2.45) is 0 Å². The quantitative estimate of drug-likeness (QED) is 0.446. The predicted octanol–water partition coefficient (Wildman–Crippen LogP) is 7.32. The molecule has 2 aromatic rings. The van der Waals surface area contributed by atoms with Crippen molar-refractivity contribution >= 4 is 28.9 Å². The Balaban J connectivity index is 2.03. The summed E-state index contributed by atoms with van der Waals surface area (Å²) >= 11 is 12.7. The molecule has 1 aromatic carbocycles. The standard InChI is InChI=1S/C25H28Cl2FN3/c1-13(2)23-21-24(31(29-23)14(3)4)16(6)30(20-9-7-8-19(27)22(20)28)25(21)18-12-17(26)11-10-15(18)5/h7-14,19,22,25H,6H2,1-5H3. The van der Waals surface area contributed by atoms with Crippen molar-refractivity contribution in [3.05, 3.63) is 81.8 Å². The maximum atomic E-state index is 15.4. The van der Waals surface area contributed by atoms with Crippen LogP contribution in [0.4, 0.5) is 4.39 Å². The minimum Gasteiger partial charge on any atom is -0.329 e. The van der Waals surface area contributed by atoms with Crippen molar-refractivity contribution < 1.29 is 4.39 Å². The Kier molecular flexibility index (Phi) is 5.82. The zero-order valence-corrected chi connectivity index (χ0v) is 20.0. The molecule has 6 heteroatoms. The molecular formula is C25H28Cl2FN3. The van der Waals surface area contributed by atoms with Gasteiger partial charge < -0.3 is 4.90 Å². The number of alkyl halides is 2. The molecule has 0 N–H and O–H groups in total. The topological polar surface area (TPSA) is 21.1 Å². The van der Waals surface area contributed by atoms with Crippen molar-refractivity contribution in [1.29, 1.82) is 0 Å². The van der Waals surface area contributed by atoms with Gasteiger partial charge in [0.1, 0.15) is 0 Å². The van der Waals surface area contributed by atoms with E-state index in [9.17, 15) is 0 Å². The fraction of sp³-hybridized carbons (Fsp3) is 0.400. The number of hydrogen-bond donors (Lipinski definition) is 0. The number of hydrogen-bond acceptors (Lipinski definition) is 2. The Morgan fingerprint density at radius 1 is 1.19 bits per heavy atom. The van der Waals surface area contributed by atoms with Crippen LogP contribution in [0.15, 0.2) is 48.7 Å². The summed E-state index contributed by atoms with van der Waals surface area (Å²) in [6.45, 7) is 14.9. The van der Waals surface area contributed by atoms with Crippen LogP contribution in [0.25, 0.3) is 5.70 Å². The largest absolute Gasteiger partial charge is 0.329 e. The molecule has 31 heavy (non-hydrogen) atoms. The first kappa shape index (κ1) is 22.2. The molecule has 4 rings (SSSR count). The molecule has 0 spiro atoms. The molecule has 3 atom stereocenters. The number of fused-ring (bicyclic) bond motifs is 1. The molecule has 2 heterocycles. The van der Waals surface area contributed by atoms with Crippen LogP contribution in [0.3, 0.4) is 0 Å². The number of halogens is 3. The predicted molar refractivity (Wildman–Crippen MR) is 127 cm³/mol. The van der Waals surface area contributed by atoms with Crippen LogP contribution in [0, 0.1) is 6.92 Å². The van der Waals surface area contributed by atoms with Gasteiger partial charge in [0.25, 0.3) is 0 Å². The lowest BCUT2D eigenvalue weighted by Crippen LogP contribution is -2.33. The number of nitrogens with zero attached hydrogens (tertiary/aromatic N) is 3. The van der Waals surface area contributed by atoms with Gasteiger partial charge in [0.2, 0.25) is 0 Å². The van der Waals surface area contributed by atoms with Gasteiger partial charge in [-0.15, -0.1) is 11.6 Å². The van der Waals surface area contributed by atoms with Crippen molar-refractivity contribution in [1.82, 2.24) is 14.7 Å². The Morgan fingerprint density at radius 3 is 2.55 bits per heavy atom. The Labute approximate surface area is 193 Å². The monoisotopic (exact) mass is 459 g/mol. The van der Waals surface area contributed by atoms with E-state index < -0.39 is 11.5 Å². The molecule has 1 aliphatic heterocycles. The van der Waals surface area contributed by atoms with Gasteiger partial charge in [-0.1, -0.05) is 50.2 Å². The van der Waals surface area contributed by atoms with E-state index in [1.54, 1.807) is 12.2 Å². The lowest BCUT2D eigenvalue weighted by Gasteiger charge is -2.35. The number of allylic oxidation sites excluding steroid dienone is 4. The summed E-state index contributed by atoms with van der Waals surface area (Å²) in [5.41, 5.74) is 6.38. The third-order valence-electron chi connectivity index (χ3n) is 6.05. The molecule has 0 bridgehead atoms. The van der Waals surface area contributed by atoms with Crippen molar-refractivity contribution in [3.63, 3.8) is 0 Å². The lowest BCUT2D eigenvalue weighted by atomic mass is 9.91. The first-order valence-corrected chi connectivity index (χ1v) is 11.5. The zero-order valence-electron chi connectivity index (χ0n) is 18.5. The smallest absolute Gasteiger partial charge is 0.160 e. The average Bonchev–Trinajstić information content (AvgIpc) is 3.23. The van der Waals surface area contributed by atoms with E-state index in [1.165, 1.54) is 0 Å². The van der Waals surface area contributed by atoms with Crippen LogP contribution in [0.2, 0.25) is 5.02 Å². The first-order chi connectivity index (χ1) is 14.6. The van der Waals surface area contributed by atoms with Gasteiger partial charge in [0, 0.05) is 16.6 Å². The van der Waals surface area contributed by atoms with E-state index in [2.05, 4.69) is 41.2 Å². The summed E-state index contributed by atoms with van der Waals surface area (Å²) in [7, 11) is 0. The highest BCUT2D eigenvalue weighted by Crippen LogP contribution is 2.52. The maximum Gasteiger partial charge on any atom is 0.160 e. The second-order valence-corrected chi connectivity index (χ2v) is 9.82. The molecule has 1 aliphatic carbocycles. The summed E-state index contributed by atoms with van der Waals surface area (Å²) < 4.78 is 17.4. The molecule has 2 aliphatic rings. The third-order valence-corrected chi connectivity index (χ3v) is 6.65. The van der Waals surface area contributed by atoms with E-state index in [0.29, 0.717) is 10.7 Å². The number of benzene rings is 1. The van der Waals surface area contributed by atoms with Gasteiger partial charge in [-0.2, -0.15) is 5.10 Å². The summed E-state index contributed by atoms with van der Waals surface area (Å²) in [4.78, 5) is 2.00. The van der Waals surface area contributed by atoms with Crippen molar-refractivity contribution in [2.75, 3.05) is 0 Å². The molecule has 3 unspecified atom stereocenters. The van der Waals surface area contributed by atoms with Crippen LogP contribution in [0.5, 0.6) is 0 Å². The van der Waals surface area contributed by atoms with Crippen LogP contribution in [-0.4, -0.2) is 26.2 Å². The fourth-order valence-corrected chi connectivity index (χ4v) is 4.95. The van der Waals surface area contributed by atoms with Gasteiger partial charge in [0.05, 0.1) is 34.2 Å². The highest BCUT2D eigenvalue weighted by atomic mass is 35.5. The van der Waals surface area contributed by atoms with E-state index >= 15 is 4.39 Å². The molecule has 0 saturated carbocycles. The summed E-state index contributed by atoms with van der Waals surface area (Å²) in [6.07, 6.45) is 3.96. The van der Waals surface area contributed by atoms with E-state index in [4.69, 9.17) is 28.3 Å². The molecule has 3 nitrogen and oxygen atoms in total. The minimum absolute atomic E-state index is 0.140. The third kappa shape index (κ3) is 3.54. The highest BCUT2D eigenvalue weighted by Gasteiger charge is 2.45. The van der Waals surface area contributed by atoms with Crippen molar-refractivity contribution in [3.8, 4) is 0 Å². The number of rotatable bonds is 4. The van der Waals surface area contributed by atoms with Crippen LogP contribution in [0.1, 0.15) is 73.8 Å². The second-order valence-electron chi connectivity index (χ2n) is 8.88. The Hall–Kier alpha value is -2.04. The molecule has 0 fully saturated rings. The summed E-state index contributed by atoms with van der Waals surface area (Å²) in [5, 5.41) is 4.89. The van der Waals surface area contributed by atoms with Gasteiger partial charge in [-0.25, -0.2) is 4.39 Å². The van der Waals surface area contributed by atoms with E-state index in [0.717, 1.165) is 33.8 Å². The molecule has 0 radical (unpaired) electrons. The molecule has 1 aromatic heterocycles.